The van der Waals surface area contributed by atoms with Crippen LogP contribution in [0.5, 0.6) is 0 Å². The Balaban J connectivity index is 1.36. The van der Waals surface area contributed by atoms with Gasteiger partial charge in [-0.25, -0.2) is 4.98 Å². The van der Waals surface area contributed by atoms with Crippen LogP contribution in [0.4, 0.5) is 5.82 Å². The average molecular weight is 354 g/mol. The van der Waals surface area contributed by atoms with Gasteiger partial charge in [-0.05, 0) is 62.4 Å². The highest BCUT2D eigenvalue weighted by Gasteiger charge is 2.28. The van der Waals surface area contributed by atoms with E-state index in [-0.39, 0.29) is 6.10 Å². The Morgan fingerprint density at radius 3 is 2.88 bits per heavy atom. The Morgan fingerprint density at radius 2 is 2.08 bits per heavy atom. The van der Waals surface area contributed by atoms with Crippen LogP contribution in [-0.4, -0.2) is 35.8 Å². The summed E-state index contributed by atoms with van der Waals surface area (Å²) in [4.78, 5) is 8.84. The fraction of sp³-hybridized carbons (Fsp3) is 0.524. The Hall–Kier alpha value is -1.98. The smallest absolute Gasteiger partial charge is 0.123 e. The van der Waals surface area contributed by atoms with Crippen LogP contribution in [-0.2, 0) is 17.6 Å². The van der Waals surface area contributed by atoms with E-state index in [9.17, 15) is 0 Å². The van der Waals surface area contributed by atoms with Gasteiger partial charge in [-0.3, -0.25) is 4.98 Å². The van der Waals surface area contributed by atoms with Crippen LogP contribution < -0.4 is 11.1 Å². The van der Waals surface area contributed by atoms with Gasteiger partial charge < -0.3 is 15.8 Å². The third-order valence-corrected chi connectivity index (χ3v) is 4.93. The number of hydrogen-bond acceptors (Lipinski definition) is 5. The third-order valence-electron chi connectivity index (χ3n) is 4.93. The van der Waals surface area contributed by atoms with Crippen molar-refractivity contribution < 1.29 is 4.74 Å². The molecule has 0 amide bonds. The average Bonchev–Trinajstić information content (AvgIpc) is 3.05. The van der Waals surface area contributed by atoms with E-state index in [1.54, 1.807) is 0 Å². The SMILES string of the molecule is Cc1cc(N)nc(C[C@@H]2CNC[C@@H]2OCCCCCc2ccccn2)c1. The van der Waals surface area contributed by atoms with E-state index >= 15 is 0 Å². The molecule has 3 N–H and O–H groups in total. The Bertz CT molecular complexity index is 657. The summed E-state index contributed by atoms with van der Waals surface area (Å²) in [5.74, 6) is 1.08. The minimum Gasteiger partial charge on any atom is -0.384 e. The first-order valence-electron chi connectivity index (χ1n) is 9.66. The van der Waals surface area contributed by atoms with Gasteiger partial charge in [0.15, 0.2) is 0 Å². The van der Waals surface area contributed by atoms with Crippen molar-refractivity contribution in [3.63, 3.8) is 0 Å². The monoisotopic (exact) mass is 354 g/mol. The zero-order valence-electron chi connectivity index (χ0n) is 15.7. The first-order valence-corrected chi connectivity index (χ1v) is 9.66. The molecule has 5 heteroatoms. The first kappa shape index (κ1) is 18.8. The largest absolute Gasteiger partial charge is 0.384 e. The number of hydrogen-bond donors (Lipinski definition) is 2. The molecule has 140 valence electrons. The van der Waals surface area contributed by atoms with Crippen LogP contribution in [0.2, 0.25) is 0 Å². The van der Waals surface area contributed by atoms with Gasteiger partial charge in [-0.15, -0.1) is 0 Å². The number of unbranched alkanes of at least 4 members (excludes halogenated alkanes) is 2. The molecule has 0 unspecified atom stereocenters. The van der Waals surface area contributed by atoms with Crippen molar-refractivity contribution in [2.45, 2.75) is 45.1 Å². The lowest BCUT2D eigenvalue weighted by Crippen LogP contribution is -2.25. The van der Waals surface area contributed by atoms with Gasteiger partial charge in [0.25, 0.3) is 0 Å². The molecule has 2 aromatic heterocycles. The number of aryl methyl sites for hydroxylation is 2. The molecule has 5 nitrogen and oxygen atoms in total. The summed E-state index contributed by atoms with van der Waals surface area (Å²) in [6, 6.07) is 10.1. The molecular formula is C21H30N4O. The number of anilines is 1. The van der Waals surface area contributed by atoms with E-state index in [1.165, 1.54) is 24.1 Å². The van der Waals surface area contributed by atoms with E-state index in [2.05, 4.69) is 40.4 Å². The van der Waals surface area contributed by atoms with E-state index < -0.39 is 0 Å². The topological polar surface area (TPSA) is 73.1 Å². The minimum absolute atomic E-state index is 0.273. The molecule has 3 rings (SSSR count). The standard InChI is InChI=1S/C21H30N4O/c1-16-11-19(25-21(22)12-16)13-17-14-23-15-20(17)26-10-6-2-3-7-18-8-4-5-9-24-18/h4-5,8-9,11-12,17,20,23H,2-3,6-7,10,13-15H2,1H3,(H2,22,25)/t17-,20+/m1/s1. The van der Waals surface area contributed by atoms with Crippen molar-refractivity contribution in [1.29, 1.82) is 0 Å². The Labute approximate surface area is 156 Å². The summed E-state index contributed by atoms with van der Waals surface area (Å²) >= 11 is 0. The minimum atomic E-state index is 0.273. The van der Waals surface area contributed by atoms with Crippen molar-refractivity contribution >= 4 is 5.82 Å². The number of nitrogens with zero attached hydrogens (tertiary/aromatic N) is 2. The van der Waals surface area contributed by atoms with Crippen molar-refractivity contribution in [3.8, 4) is 0 Å². The highest BCUT2D eigenvalue weighted by Crippen LogP contribution is 2.20. The van der Waals surface area contributed by atoms with Crippen molar-refractivity contribution in [1.82, 2.24) is 15.3 Å². The number of nitrogen functional groups attached to an aromatic ring is 1. The van der Waals surface area contributed by atoms with Gasteiger partial charge in [0, 0.05) is 43.2 Å². The van der Waals surface area contributed by atoms with Crippen molar-refractivity contribution in [2.75, 3.05) is 25.4 Å². The molecule has 0 aliphatic carbocycles. The van der Waals surface area contributed by atoms with Gasteiger partial charge in [0.1, 0.15) is 5.82 Å². The second-order valence-electron chi connectivity index (χ2n) is 7.22. The highest BCUT2D eigenvalue weighted by molar-refractivity contribution is 5.34. The lowest BCUT2D eigenvalue weighted by atomic mass is 9.99. The predicted octanol–water partition coefficient (Wildman–Crippen LogP) is 2.93. The molecule has 26 heavy (non-hydrogen) atoms. The molecule has 2 atom stereocenters. The molecule has 1 aliphatic heterocycles. The fourth-order valence-corrected chi connectivity index (χ4v) is 3.61. The lowest BCUT2D eigenvalue weighted by Gasteiger charge is -2.19. The summed E-state index contributed by atoms with van der Waals surface area (Å²) in [6.45, 7) is 4.81. The second kappa shape index (κ2) is 9.64. The molecule has 0 radical (unpaired) electrons. The summed E-state index contributed by atoms with van der Waals surface area (Å²) in [7, 11) is 0. The molecular weight excluding hydrogens is 324 g/mol. The molecule has 1 saturated heterocycles. The zero-order valence-corrected chi connectivity index (χ0v) is 15.7. The van der Waals surface area contributed by atoms with Gasteiger partial charge in [0.2, 0.25) is 0 Å². The van der Waals surface area contributed by atoms with Crippen molar-refractivity contribution in [3.05, 3.63) is 53.5 Å². The lowest BCUT2D eigenvalue weighted by molar-refractivity contribution is 0.0354. The fourth-order valence-electron chi connectivity index (χ4n) is 3.61. The summed E-state index contributed by atoms with van der Waals surface area (Å²) in [5.41, 5.74) is 9.29. The maximum Gasteiger partial charge on any atom is 0.123 e. The number of nitrogens with two attached hydrogens (primary N) is 1. The molecule has 0 saturated carbocycles. The van der Waals surface area contributed by atoms with Gasteiger partial charge in [-0.2, -0.15) is 0 Å². The highest BCUT2D eigenvalue weighted by atomic mass is 16.5. The van der Waals surface area contributed by atoms with Gasteiger partial charge in [-0.1, -0.05) is 12.5 Å². The van der Waals surface area contributed by atoms with Crippen LogP contribution >= 0.6 is 0 Å². The van der Waals surface area contributed by atoms with Crippen LogP contribution in [0.1, 0.15) is 36.2 Å². The number of pyridine rings is 2. The quantitative estimate of drug-likeness (QED) is 0.678. The predicted molar refractivity (Wildman–Crippen MR) is 105 cm³/mol. The normalized spacial score (nSPS) is 19.7. The molecule has 3 heterocycles. The number of aromatic nitrogens is 2. The van der Waals surface area contributed by atoms with E-state index in [4.69, 9.17) is 10.5 Å². The zero-order chi connectivity index (χ0) is 18.2. The van der Waals surface area contributed by atoms with Crippen LogP contribution in [0.15, 0.2) is 36.5 Å². The number of ether oxygens (including phenoxy) is 1. The second-order valence-corrected chi connectivity index (χ2v) is 7.22. The molecule has 2 aromatic rings. The molecule has 0 aromatic carbocycles. The number of rotatable bonds is 9. The summed E-state index contributed by atoms with van der Waals surface area (Å²) in [6.07, 6.45) is 7.55. The van der Waals surface area contributed by atoms with Crippen LogP contribution in [0.3, 0.4) is 0 Å². The molecule has 0 bridgehead atoms. The van der Waals surface area contributed by atoms with Gasteiger partial charge >= 0.3 is 0 Å². The van der Waals surface area contributed by atoms with Crippen LogP contribution in [0.25, 0.3) is 0 Å². The number of nitrogens with one attached hydrogen (secondary N) is 1. The summed E-state index contributed by atoms with van der Waals surface area (Å²) in [5, 5.41) is 3.45. The third kappa shape index (κ3) is 5.78. The maximum absolute atomic E-state index is 6.16. The van der Waals surface area contributed by atoms with Crippen LogP contribution in [0, 0.1) is 12.8 Å². The Kier molecular flexibility index (Phi) is 6.97. The first-order chi connectivity index (χ1) is 12.7. The van der Waals surface area contributed by atoms with E-state index in [0.29, 0.717) is 11.7 Å². The molecule has 0 spiro atoms. The van der Waals surface area contributed by atoms with Gasteiger partial charge in [0.05, 0.1) is 6.10 Å². The maximum atomic E-state index is 6.16. The molecule has 1 fully saturated rings. The van der Waals surface area contributed by atoms with Crippen molar-refractivity contribution in [2.24, 2.45) is 5.92 Å². The molecule has 1 aliphatic rings. The Morgan fingerprint density at radius 1 is 1.15 bits per heavy atom. The van der Waals surface area contributed by atoms with E-state index in [0.717, 1.165) is 44.7 Å². The van der Waals surface area contributed by atoms with E-state index in [1.807, 2.05) is 18.3 Å². The summed E-state index contributed by atoms with van der Waals surface area (Å²) < 4.78 is 6.16.